The molecule has 0 N–H and O–H groups in total. The molecule has 22 heavy (non-hydrogen) atoms. The minimum atomic E-state index is -1.10. The van der Waals surface area contributed by atoms with Gasteiger partial charge >= 0.3 is 11.9 Å². The second kappa shape index (κ2) is 8.92. The number of benzene rings is 1. The van der Waals surface area contributed by atoms with Gasteiger partial charge in [-0.3, -0.25) is 14.4 Å². The fourth-order valence-corrected chi connectivity index (χ4v) is 1.91. The quantitative estimate of drug-likeness (QED) is 0.419. The van der Waals surface area contributed by atoms with Crippen LogP contribution in [-0.4, -0.2) is 30.9 Å². The van der Waals surface area contributed by atoms with Crippen LogP contribution in [0.25, 0.3) is 0 Å². The number of hydrogen-bond acceptors (Lipinski definition) is 5. The molecule has 0 heterocycles. The lowest BCUT2D eigenvalue weighted by atomic mass is 9.93. The molecule has 0 radical (unpaired) electrons. The van der Waals surface area contributed by atoms with Gasteiger partial charge in [0, 0.05) is 12.0 Å². The first kappa shape index (κ1) is 17.8. The van der Waals surface area contributed by atoms with Gasteiger partial charge in [0.2, 0.25) is 0 Å². The van der Waals surface area contributed by atoms with Crippen molar-refractivity contribution in [2.24, 2.45) is 5.92 Å². The summed E-state index contributed by atoms with van der Waals surface area (Å²) in [4.78, 5) is 35.7. The van der Waals surface area contributed by atoms with Crippen LogP contribution < -0.4 is 0 Å². The highest BCUT2D eigenvalue weighted by molar-refractivity contribution is 6.08. The zero-order chi connectivity index (χ0) is 16.5. The summed E-state index contributed by atoms with van der Waals surface area (Å²) in [5.74, 6) is -3.25. The summed E-state index contributed by atoms with van der Waals surface area (Å²) in [5, 5.41) is 0. The van der Waals surface area contributed by atoms with Crippen LogP contribution in [0.5, 0.6) is 0 Å². The van der Waals surface area contributed by atoms with E-state index in [0.29, 0.717) is 0 Å². The molecule has 0 spiro atoms. The van der Waals surface area contributed by atoms with Gasteiger partial charge in [0.25, 0.3) is 0 Å². The molecule has 0 aliphatic carbocycles. The van der Waals surface area contributed by atoms with Crippen molar-refractivity contribution in [1.29, 1.82) is 0 Å². The first-order chi connectivity index (χ1) is 10.5. The summed E-state index contributed by atoms with van der Waals surface area (Å²) in [5.41, 5.74) is 0.198. The molecule has 1 atom stereocenters. The van der Waals surface area contributed by atoms with Crippen molar-refractivity contribution < 1.29 is 28.2 Å². The van der Waals surface area contributed by atoms with Gasteiger partial charge in [0.1, 0.15) is 11.7 Å². The zero-order valence-corrected chi connectivity index (χ0v) is 12.6. The van der Waals surface area contributed by atoms with Gasteiger partial charge in [-0.15, -0.1) is 0 Å². The Kier molecular flexibility index (Phi) is 7.22. The maximum atomic E-state index is 12.9. The summed E-state index contributed by atoms with van der Waals surface area (Å²) in [6, 6.07) is 4.88. The monoisotopic (exact) mass is 310 g/mol. The summed E-state index contributed by atoms with van der Waals surface area (Å²) in [6.45, 7) is 3.66. The molecule has 0 aromatic heterocycles. The van der Waals surface area contributed by atoms with E-state index in [4.69, 9.17) is 9.47 Å². The van der Waals surface area contributed by atoms with Crippen LogP contribution in [0.1, 0.15) is 37.0 Å². The SMILES string of the molecule is CCOC(=O)CCC(C(=O)OCC)C(=O)c1ccc(F)cc1. The minimum Gasteiger partial charge on any atom is -0.466 e. The summed E-state index contributed by atoms with van der Waals surface area (Å²) < 4.78 is 22.6. The molecular weight excluding hydrogens is 291 g/mol. The van der Waals surface area contributed by atoms with Crippen molar-refractivity contribution >= 4 is 17.7 Å². The van der Waals surface area contributed by atoms with Crippen molar-refractivity contribution in [3.05, 3.63) is 35.6 Å². The number of carbonyl (C=O) groups excluding carboxylic acids is 3. The molecular formula is C16H19FO5. The molecule has 6 heteroatoms. The predicted octanol–water partition coefficient (Wildman–Crippen LogP) is 2.53. The van der Waals surface area contributed by atoms with E-state index in [2.05, 4.69) is 0 Å². The first-order valence-corrected chi connectivity index (χ1v) is 7.11. The molecule has 1 aromatic rings. The standard InChI is InChI=1S/C16H19FO5/c1-3-21-14(18)10-9-13(16(20)22-4-2)15(19)11-5-7-12(17)8-6-11/h5-8,13H,3-4,9-10H2,1-2H3. The molecule has 0 aliphatic rings. The largest absolute Gasteiger partial charge is 0.466 e. The molecule has 0 saturated heterocycles. The molecule has 120 valence electrons. The van der Waals surface area contributed by atoms with Crippen LogP contribution >= 0.6 is 0 Å². The Morgan fingerprint density at radius 1 is 1.05 bits per heavy atom. The third kappa shape index (κ3) is 5.27. The third-order valence-corrected chi connectivity index (χ3v) is 2.96. The second-order valence-corrected chi connectivity index (χ2v) is 4.52. The fourth-order valence-electron chi connectivity index (χ4n) is 1.91. The van der Waals surface area contributed by atoms with Crippen LogP contribution in [0, 0.1) is 11.7 Å². The lowest BCUT2D eigenvalue weighted by Crippen LogP contribution is -2.27. The number of hydrogen-bond donors (Lipinski definition) is 0. The number of ether oxygens (including phenoxy) is 2. The Bertz CT molecular complexity index is 524. The van der Waals surface area contributed by atoms with E-state index in [1.165, 1.54) is 12.1 Å². The molecule has 1 unspecified atom stereocenters. The predicted molar refractivity (Wildman–Crippen MR) is 76.7 cm³/mol. The minimum absolute atomic E-state index is 0.00607. The Balaban J connectivity index is 2.84. The number of ketones is 1. The number of halogens is 1. The van der Waals surface area contributed by atoms with Gasteiger partial charge in [0.05, 0.1) is 13.2 Å². The van der Waals surface area contributed by atoms with Crippen LogP contribution in [0.3, 0.4) is 0 Å². The Hall–Kier alpha value is -2.24. The highest BCUT2D eigenvalue weighted by Crippen LogP contribution is 2.17. The maximum absolute atomic E-state index is 12.9. The van der Waals surface area contributed by atoms with E-state index in [1.54, 1.807) is 13.8 Å². The van der Waals surface area contributed by atoms with Crippen molar-refractivity contribution in [1.82, 2.24) is 0 Å². The van der Waals surface area contributed by atoms with Crippen molar-refractivity contribution in [2.75, 3.05) is 13.2 Å². The van der Waals surface area contributed by atoms with E-state index in [1.807, 2.05) is 0 Å². The highest BCUT2D eigenvalue weighted by atomic mass is 19.1. The Morgan fingerprint density at radius 3 is 2.18 bits per heavy atom. The molecule has 0 bridgehead atoms. The molecule has 1 aromatic carbocycles. The molecule has 1 rings (SSSR count). The molecule has 0 fully saturated rings. The zero-order valence-electron chi connectivity index (χ0n) is 12.6. The van der Waals surface area contributed by atoms with E-state index in [0.717, 1.165) is 12.1 Å². The number of esters is 2. The van der Waals surface area contributed by atoms with E-state index in [-0.39, 0.29) is 31.6 Å². The smallest absolute Gasteiger partial charge is 0.316 e. The molecule has 0 saturated carbocycles. The van der Waals surface area contributed by atoms with E-state index < -0.39 is 29.5 Å². The second-order valence-electron chi connectivity index (χ2n) is 4.52. The van der Waals surface area contributed by atoms with Crippen LogP contribution in [0.15, 0.2) is 24.3 Å². The summed E-state index contributed by atoms with van der Waals surface area (Å²) >= 11 is 0. The topological polar surface area (TPSA) is 69.7 Å². The van der Waals surface area contributed by atoms with Gasteiger partial charge in [0.15, 0.2) is 5.78 Å². The fraction of sp³-hybridized carbons (Fsp3) is 0.438. The van der Waals surface area contributed by atoms with Gasteiger partial charge < -0.3 is 9.47 Å². The van der Waals surface area contributed by atoms with Crippen LogP contribution in [-0.2, 0) is 19.1 Å². The Labute approximate surface area is 128 Å². The van der Waals surface area contributed by atoms with Crippen molar-refractivity contribution in [3.8, 4) is 0 Å². The lowest BCUT2D eigenvalue weighted by Gasteiger charge is -2.14. The molecule has 0 amide bonds. The maximum Gasteiger partial charge on any atom is 0.316 e. The van der Waals surface area contributed by atoms with Gasteiger partial charge in [-0.1, -0.05) is 0 Å². The Morgan fingerprint density at radius 2 is 1.64 bits per heavy atom. The normalized spacial score (nSPS) is 11.6. The van der Waals surface area contributed by atoms with Crippen LogP contribution in [0.4, 0.5) is 4.39 Å². The molecule has 0 aliphatic heterocycles. The van der Waals surface area contributed by atoms with E-state index >= 15 is 0 Å². The highest BCUT2D eigenvalue weighted by Gasteiger charge is 2.29. The van der Waals surface area contributed by atoms with Crippen molar-refractivity contribution in [3.63, 3.8) is 0 Å². The molecule has 5 nitrogen and oxygen atoms in total. The average molecular weight is 310 g/mol. The van der Waals surface area contributed by atoms with E-state index in [9.17, 15) is 18.8 Å². The lowest BCUT2D eigenvalue weighted by molar-refractivity contribution is -0.147. The van der Waals surface area contributed by atoms with Gasteiger partial charge in [-0.05, 0) is 44.5 Å². The summed E-state index contributed by atoms with van der Waals surface area (Å²) in [6.07, 6.45) is -0.0713. The first-order valence-electron chi connectivity index (χ1n) is 7.11. The average Bonchev–Trinajstić information content (AvgIpc) is 2.48. The van der Waals surface area contributed by atoms with Gasteiger partial charge in [-0.25, -0.2) is 4.39 Å². The number of carbonyl (C=O) groups is 3. The van der Waals surface area contributed by atoms with Crippen molar-refractivity contribution in [2.45, 2.75) is 26.7 Å². The number of rotatable bonds is 8. The van der Waals surface area contributed by atoms with Crippen LogP contribution in [0.2, 0.25) is 0 Å². The number of Topliss-reactive ketones (excluding diaryl/α,β-unsaturated/α-hetero) is 1. The third-order valence-electron chi connectivity index (χ3n) is 2.96. The summed E-state index contributed by atoms with van der Waals surface area (Å²) in [7, 11) is 0. The van der Waals surface area contributed by atoms with Gasteiger partial charge in [-0.2, -0.15) is 0 Å².